The molecule has 0 unspecified atom stereocenters. The standard InChI is InChI=1S/C17H18INO2/c1-21-12-11-19(13-14-7-3-2-4-8-14)17(20)15-9-5-6-10-16(15)18/h2-10H,11-13H2,1H3. The van der Waals surface area contributed by atoms with Crippen molar-refractivity contribution >= 4 is 28.5 Å². The molecule has 0 atom stereocenters. The average Bonchev–Trinajstić information content (AvgIpc) is 2.52. The third-order valence-electron chi connectivity index (χ3n) is 3.17. The first-order valence-corrected chi connectivity index (χ1v) is 7.87. The van der Waals surface area contributed by atoms with E-state index in [9.17, 15) is 4.79 Å². The Hall–Kier alpha value is -1.40. The molecule has 2 rings (SSSR count). The van der Waals surface area contributed by atoms with E-state index >= 15 is 0 Å². The molecule has 0 aliphatic rings. The average molecular weight is 395 g/mol. The lowest BCUT2D eigenvalue weighted by Gasteiger charge is -2.23. The van der Waals surface area contributed by atoms with E-state index in [-0.39, 0.29) is 5.91 Å². The Morgan fingerprint density at radius 3 is 2.43 bits per heavy atom. The van der Waals surface area contributed by atoms with Crippen molar-refractivity contribution in [3.05, 3.63) is 69.3 Å². The van der Waals surface area contributed by atoms with Crippen LogP contribution in [-0.2, 0) is 11.3 Å². The summed E-state index contributed by atoms with van der Waals surface area (Å²) < 4.78 is 6.10. The first-order chi connectivity index (χ1) is 10.2. The van der Waals surface area contributed by atoms with E-state index in [0.29, 0.717) is 19.7 Å². The molecule has 0 aromatic heterocycles. The fourth-order valence-corrected chi connectivity index (χ4v) is 2.68. The molecule has 0 fully saturated rings. The van der Waals surface area contributed by atoms with E-state index in [1.54, 1.807) is 7.11 Å². The Kier molecular flexibility index (Phi) is 6.20. The lowest BCUT2D eigenvalue weighted by atomic mass is 10.1. The molecule has 21 heavy (non-hydrogen) atoms. The van der Waals surface area contributed by atoms with Gasteiger partial charge in [0, 0.05) is 23.8 Å². The fourth-order valence-electron chi connectivity index (χ4n) is 2.06. The maximum absolute atomic E-state index is 12.7. The lowest BCUT2D eigenvalue weighted by Crippen LogP contribution is -2.33. The third-order valence-corrected chi connectivity index (χ3v) is 4.11. The van der Waals surface area contributed by atoms with Gasteiger partial charge in [0.2, 0.25) is 0 Å². The molecule has 0 N–H and O–H groups in total. The van der Waals surface area contributed by atoms with Crippen molar-refractivity contribution in [3.63, 3.8) is 0 Å². The van der Waals surface area contributed by atoms with Crippen LogP contribution in [0.2, 0.25) is 0 Å². The van der Waals surface area contributed by atoms with Crippen LogP contribution in [0.15, 0.2) is 54.6 Å². The maximum atomic E-state index is 12.7. The summed E-state index contributed by atoms with van der Waals surface area (Å²) in [6.45, 7) is 1.70. The van der Waals surface area contributed by atoms with Gasteiger partial charge in [0.25, 0.3) is 5.91 Å². The topological polar surface area (TPSA) is 29.5 Å². The van der Waals surface area contributed by atoms with Crippen LogP contribution in [0.1, 0.15) is 15.9 Å². The van der Waals surface area contributed by atoms with Crippen LogP contribution in [-0.4, -0.2) is 31.1 Å². The highest BCUT2D eigenvalue weighted by molar-refractivity contribution is 14.1. The van der Waals surface area contributed by atoms with Crippen LogP contribution in [0.3, 0.4) is 0 Å². The third kappa shape index (κ3) is 4.54. The molecule has 4 heteroatoms. The molecule has 3 nitrogen and oxygen atoms in total. The molecule has 2 aromatic rings. The van der Waals surface area contributed by atoms with Gasteiger partial charge in [-0.1, -0.05) is 42.5 Å². The molecule has 0 saturated heterocycles. The predicted octanol–water partition coefficient (Wildman–Crippen LogP) is 3.58. The molecule has 2 aromatic carbocycles. The predicted molar refractivity (Wildman–Crippen MR) is 92.2 cm³/mol. The van der Waals surface area contributed by atoms with Crippen molar-refractivity contribution in [1.82, 2.24) is 4.90 Å². The second-order valence-electron chi connectivity index (χ2n) is 4.68. The second kappa shape index (κ2) is 8.14. The van der Waals surface area contributed by atoms with Crippen molar-refractivity contribution in [2.24, 2.45) is 0 Å². The number of hydrogen-bond acceptors (Lipinski definition) is 2. The first kappa shape index (κ1) is 16.0. The van der Waals surface area contributed by atoms with Gasteiger partial charge < -0.3 is 9.64 Å². The Morgan fingerprint density at radius 1 is 1.10 bits per heavy atom. The van der Waals surface area contributed by atoms with Crippen LogP contribution < -0.4 is 0 Å². The van der Waals surface area contributed by atoms with E-state index in [2.05, 4.69) is 22.6 Å². The Labute approximate surface area is 139 Å². The lowest BCUT2D eigenvalue weighted by molar-refractivity contribution is 0.0679. The summed E-state index contributed by atoms with van der Waals surface area (Å²) in [4.78, 5) is 14.6. The number of nitrogens with zero attached hydrogens (tertiary/aromatic N) is 1. The van der Waals surface area contributed by atoms with Gasteiger partial charge in [-0.15, -0.1) is 0 Å². The summed E-state index contributed by atoms with van der Waals surface area (Å²) in [7, 11) is 1.65. The van der Waals surface area contributed by atoms with E-state index < -0.39 is 0 Å². The highest BCUT2D eigenvalue weighted by atomic mass is 127. The summed E-state index contributed by atoms with van der Waals surface area (Å²) in [6.07, 6.45) is 0. The van der Waals surface area contributed by atoms with Crippen LogP contribution in [0, 0.1) is 3.57 Å². The largest absolute Gasteiger partial charge is 0.383 e. The summed E-state index contributed by atoms with van der Waals surface area (Å²) in [5.41, 5.74) is 1.86. The van der Waals surface area contributed by atoms with Gasteiger partial charge in [0.05, 0.1) is 12.2 Å². The maximum Gasteiger partial charge on any atom is 0.255 e. The molecule has 0 bridgehead atoms. The number of carbonyl (C=O) groups is 1. The van der Waals surface area contributed by atoms with Crippen molar-refractivity contribution in [1.29, 1.82) is 0 Å². The Balaban J connectivity index is 2.19. The smallest absolute Gasteiger partial charge is 0.255 e. The number of amides is 1. The summed E-state index contributed by atoms with van der Waals surface area (Å²) >= 11 is 2.20. The molecule has 0 radical (unpaired) electrons. The molecule has 1 amide bonds. The van der Waals surface area contributed by atoms with Crippen LogP contribution in [0.4, 0.5) is 0 Å². The zero-order chi connectivity index (χ0) is 15.1. The summed E-state index contributed by atoms with van der Waals surface area (Å²) in [6, 6.07) is 17.7. The number of ether oxygens (including phenoxy) is 1. The van der Waals surface area contributed by atoms with Gasteiger partial charge in [-0.2, -0.15) is 0 Å². The number of rotatable bonds is 6. The van der Waals surface area contributed by atoms with Gasteiger partial charge >= 0.3 is 0 Å². The van der Waals surface area contributed by atoms with E-state index in [1.165, 1.54) is 0 Å². The van der Waals surface area contributed by atoms with Gasteiger partial charge in [-0.25, -0.2) is 0 Å². The van der Waals surface area contributed by atoms with Gasteiger partial charge in [-0.3, -0.25) is 4.79 Å². The minimum absolute atomic E-state index is 0.0425. The molecule has 0 spiro atoms. The molecular weight excluding hydrogens is 377 g/mol. The Bertz CT molecular complexity index is 586. The normalized spacial score (nSPS) is 10.4. The van der Waals surface area contributed by atoms with Crippen molar-refractivity contribution in [2.75, 3.05) is 20.3 Å². The zero-order valence-corrected chi connectivity index (χ0v) is 14.1. The van der Waals surface area contributed by atoms with E-state index in [0.717, 1.165) is 14.7 Å². The van der Waals surface area contributed by atoms with E-state index in [1.807, 2.05) is 59.5 Å². The highest BCUT2D eigenvalue weighted by Gasteiger charge is 2.17. The summed E-state index contributed by atoms with van der Waals surface area (Å²) in [5, 5.41) is 0. The molecule has 110 valence electrons. The SMILES string of the molecule is COCCN(Cc1ccccc1)C(=O)c1ccccc1I. The monoisotopic (exact) mass is 395 g/mol. The summed E-state index contributed by atoms with van der Waals surface area (Å²) in [5.74, 6) is 0.0425. The van der Waals surface area contributed by atoms with Crippen LogP contribution in [0.25, 0.3) is 0 Å². The van der Waals surface area contributed by atoms with Crippen molar-refractivity contribution in [3.8, 4) is 0 Å². The second-order valence-corrected chi connectivity index (χ2v) is 5.85. The molecular formula is C17H18INO2. The minimum Gasteiger partial charge on any atom is -0.383 e. The highest BCUT2D eigenvalue weighted by Crippen LogP contribution is 2.16. The first-order valence-electron chi connectivity index (χ1n) is 6.79. The number of benzene rings is 2. The minimum atomic E-state index is 0.0425. The molecule has 0 aliphatic heterocycles. The zero-order valence-electron chi connectivity index (χ0n) is 12.0. The van der Waals surface area contributed by atoms with Gasteiger partial charge in [0.15, 0.2) is 0 Å². The number of methoxy groups -OCH3 is 1. The number of hydrogen-bond donors (Lipinski definition) is 0. The van der Waals surface area contributed by atoms with Crippen LogP contribution >= 0.6 is 22.6 Å². The van der Waals surface area contributed by atoms with Crippen molar-refractivity contribution in [2.45, 2.75) is 6.54 Å². The van der Waals surface area contributed by atoms with Gasteiger partial charge in [-0.05, 0) is 40.3 Å². The fraction of sp³-hybridized carbons (Fsp3) is 0.235. The van der Waals surface area contributed by atoms with E-state index in [4.69, 9.17) is 4.74 Å². The van der Waals surface area contributed by atoms with Crippen molar-refractivity contribution < 1.29 is 9.53 Å². The molecule has 0 aliphatic carbocycles. The molecule has 0 heterocycles. The number of halogens is 1. The number of carbonyl (C=O) groups excluding carboxylic acids is 1. The van der Waals surface area contributed by atoms with Crippen LogP contribution in [0.5, 0.6) is 0 Å². The quantitative estimate of drug-likeness (QED) is 0.700. The Morgan fingerprint density at radius 2 is 1.76 bits per heavy atom. The molecule has 0 saturated carbocycles. The van der Waals surface area contributed by atoms with Gasteiger partial charge in [0.1, 0.15) is 0 Å².